The van der Waals surface area contributed by atoms with Gasteiger partial charge in [0, 0.05) is 30.9 Å². The Labute approximate surface area is 148 Å². The third-order valence-corrected chi connectivity index (χ3v) is 4.67. The maximum absolute atomic E-state index is 12.3. The molecule has 0 unspecified atom stereocenters. The van der Waals surface area contributed by atoms with Gasteiger partial charge in [0.25, 0.3) is 0 Å². The molecule has 134 valence electrons. The van der Waals surface area contributed by atoms with Crippen molar-refractivity contribution in [2.24, 2.45) is 0 Å². The monoisotopic (exact) mass is 342 g/mol. The van der Waals surface area contributed by atoms with Gasteiger partial charge in [0.15, 0.2) is 0 Å². The molecular formula is C19H26N4O2. The highest BCUT2D eigenvalue weighted by molar-refractivity contribution is 5.75. The summed E-state index contributed by atoms with van der Waals surface area (Å²) in [5.74, 6) is 1.29. The van der Waals surface area contributed by atoms with Crippen LogP contribution in [0.4, 0.5) is 0 Å². The maximum atomic E-state index is 12.3. The number of carbonyl (C=O) groups excluding carboxylic acids is 1. The largest absolute Gasteiger partial charge is 0.496 e. The molecule has 1 aromatic carbocycles. The number of carbonyl (C=O) groups is 1. The molecule has 0 aliphatic carbocycles. The van der Waals surface area contributed by atoms with Crippen LogP contribution < -0.4 is 15.4 Å². The quantitative estimate of drug-likeness (QED) is 0.804. The van der Waals surface area contributed by atoms with Crippen molar-refractivity contribution in [1.29, 1.82) is 0 Å². The van der Waals surface area contributed by atoms with Crippen LogP contribution in [0.2, 0.25) is 0 Å². The number of piperidine rings is 1. The fraction of sp³-hybridized carbons (Fsp3) is 0.474. The van der Waals surface area contributed by atoms with E-state index in [1.165, 1.54) is 6.42 Å². The molecule has 1 aliphatic rings. The van der Waals surface area contributed by atoms with Gasteiger partial charge in [-0.1, -0.05) is 18.2 Å². The number of ether oxygens (including phenoxy) is 1. The van der Waals surface area contributed by atoms with Gasteiger partial charge in [0.2, 0.25) is 5.91 Å². The standard InChI is InChI=1S/C19H26N4O2/c1-25-18-7-3-2-5-15(18)8-11-21-19(24)14-23-17(9-12-22-23)16-6-4-10-20-13-16/h2-3,5,7,9,12,16,20H,4,6,8,10-11,13-14H2,1H3,(H,21,24)/t16-/m0/s1. The number of rotatable bonds is 7. The van der Waals surface area contributed by atoms with Crippen molar-refractivity contribution in [3.8, 4) is 5.75 Å². The summed E-state index contributed by atoms with van der Waals surface area (Å²) in [7, 11) is 1.66. The summed E-state index contributed by atoms with van der Waals surface area (Å²) in [6, 6.07) is 9.91. The van der Waals surface area contributed by atoms with Gasteiger partial charge < -0.3 is 15.4 Å². The van der Waals surface area contributed by atoms with E-state index in [2.05, 4.69) is 15.7 Å². The van der Waals surface area contributed by atoms with Gasteiger partial charge in [-0.2, -0.15) is 5.10 Å². The minimum Gasteiger partial charge on any atom is -0.496 e. The van der Waals surface area contributed by atoms with Crippen LogP contribution >= 0.6 is 0 Å². The van der Waals surface area contributed by atoms with Crippen molar-refractivity contribution in [2.75, 3.05) is 26.7 Å². The van der Waals surface area contributed by atoms with E-state index >= 15 is 0 Å². The summed E-state index contributed by atoms with van der Waals surface area (Å²) < 4.78 is 7.17. The average Bonchev–Trinajstić information content (AvgIpc) is 3.11. The van der Waals surface area contributed by atoms with E-state index in [1.807, 2.05) is 35.0 Å². The first-order valence-corrected chi connectivity index (χ1v) is 8.89. The van der Waals surface area contributed by atoms with E-state index in [4.69, 9.17) is 4.74 Å². The molecule has 1 fully saturated rings. The zero-order chi connectivity index (χ0) is 17.5. The first kappa shape index (κ1) is 17.5. The second kappa shape index (κ2) is 8.67. The number of nitrogens with one attached hydrogen (secondary N) is 2. The van der Waals surface area contributed by atoms with Crippen LogP contribution in [0.15, 0.2) is 36.5 Å². The number of aromatic nitrogens is 2. The molecule has 2 aromatic rings. The van der Waals surface area contributed by atoms with Crippen molar-refractivity contribution in [1.82, 2.24) is 20.4 Å². The van der Waals surface area contributed by atoms with Gasteiger partial charge in [-0.3, -0.25) is 9.48 Å². The average molecular weight is 342 g/mol. The molecule has 6 heteroatoms. The molecule has 1 saturated heterocycles. The van der Waals surface area contributed by atoms with Gasteiger partial charge in [0.1, 0.15) is 12.3 Å². The van der Waals surface area contributed by atoms with Gasteiger partial charge in [-0.25, -0.2) is 0 Å². The lowest BCUT2D eigenvalue weighted by atomic mass is 9.96. The first-order chi connectivity index (χ1) is 12.3. The molecule has 6 nitrogen and oxygen atoms in total. The summed E-state index contributed by atoms with van der Waals surface area (Å²) in [5.41, 5.74) is 2.24. The molecule has 0 spiro atoms. The molecule has 1 amide bonds. The minimum atomic E-state index is -0.0105. The highest BCUT2D eigenvalue weighted by Gasteiger charge is 2.19. The lowest BCUT2D eigenvalue weighted by Gasteiger charge is -2.23. The van der Waals surface area contributed by atoms with Gasteiger partial charge >= 0.3 is 0 Å². The van der Waals surface area contributed by atoms with Gasteiger partial charge in [-0.15, -0.1) is 0 Å². The van der Waals surface area contributed by atoms with E-state index in [0.717, 1.165) is 42.9 Å². The highest BCUT2D eigenvalue weighted by Crippen LogP contribution is 2.22. The number of benzene rings is 1. The van der Waals surface area contributed by atoms with Crippen LogP contribution in [0.3, 0.4) is 0 Å². The molecule has 1 aromatic heterocycles. The molecule has 1 aliphatic heterocycles. The van der Waals surface area contributed by atoms with Crippen LogP contribution in [0.5, 0.6) is 5.75 Å². The molecule has 0 saturated carbocycles. The molecule has 1 atom stereocenters. The topological polar surface area (TPSA) is 68.2 Å². The third-order valence-electron chi connectivity index (χ3n) is 4.67. The summed E-state index contributed by atoms with van der Waals surface area (Å²) in [4.78, 5) is 12.3. The Balaban J connectivity index is 1.51. The van der Waals surface area contributed by atoms with Gasteiger partial charge in [0.05, 0.1) is 7.11 Å². The van der Waals surface area contributed by atoms with Crippen LogP contribution in [0.25, 0.3) is 0 Å². The van der Waals surface area contributed by atoms with Crippen molar-refractivity contribution < 1.29 is 9.53 Å². The predicted octanol–water partition coefficient (Wildman–Crippen LogP) is 1.72. The van der Waals surface area contributed by atoms with Crippen molar-refractivity contribution in [3.05, 3.63) is 47.8 Å². The molecule has 3 rings (SSSR count). The van der Waals surface area contributed by atoms with Crippen molar-refractivity contribution >= 4 is 5.91 Å². The summed E-state index contributed by atoms with van der Waals surface area (Å²) in [6.07, 6.45) is 4.84. The van der Waals surface area contributed by atoms with Crippen molar-refractivity contribution in [2.45, 2.75) is 31.7 Å². The number of amides is 1. The Bertz CT molecular complexity index is 692. The Morgan fingerprint density at radius 2 is 2.28 bits per heavy atom. The highest BCUT2D eigenvalue weighted by atomic mass is 16.5. The lowest BCUT2D eigenvalue weighted by molar-refractivity contribution is -0.121. The van der Waals surface area contributed by atoms with Crippen molar-refractivity contribution in [3.63, 3.8) is 0 Å². The fourth-order valence-electron chi connectivity index (χ4n) is 3.36. The van der Waals surface area contributed by atoms with Crippen LogP contribution in [-0.2, 0) is 17.8 Å². The Kier molecular flexibility index (Phi) is 6.06. The second-order valence-corrected chi connectivity index (χ2v) is 6.37. The van der Waals surface area contributed by atoms with E-state index in [1.54, 1.807) is 13.3 Å². The lowest BCUT2D eigenvalue weighted by Crippen LogP contribution is -2.33. The first-order valence-electron chi connectivity index (χ1n) is 8.89. The number of nitrogens with zero attached hydrogens (tertiary/aromatic N) is 2. The predicted molar refractivity (Wildman–Crippen MR) is 96.8 cm³/mol. The number of hydrogen-bond acceptors (Lipinski definition) is 4. The van der Waals surface area contributed by atoms with E-state index in [0.29, 0.717) is 12.5 Å². The minimum absolute atomic E-state index is 0.0105. The molecular weight excluding hydrogens is 316 g/mol. The Morgan fingerprint density at radius 1 is 1.40 bits per heavy atom. The van der Waals surface area contributed by atoms with E-state index < -0.39 is 0 Å². The summed E-state index contributed by atoms with van der Waals surface area (Å²) >= 11 is 0. The van der Waals surface area contributed by atoms with E-state index in [-0.39, 0.29) is 12.5 Å². The normalized spacial score (nSPS) is 17.2. The smallest absolute Gasteiger partial charge is 0.241 e. The molecule has 25 heavy (non-hydrogen) atoms. The molecule has 0 bridgehead atoms. The zero-order valence-corrected chi connectivity index (χ0v) is 14.7. The Morgan fingerprint density at radius 3 is 3.08 bits per heavy atom. The second-order valence-electron chi connectivity index (χ2n) is 6.37. The van der Waals surface area contributed by atoms with E-state index in [9.17, 15) is 4.79 Å². The number of para-hydroxylation sites is 1. The maximum Gasteiger partial charge on any atom is 0.241 e. The summed E-state index contributed by atoms with van der Waals surface area (Å²) in [6.45, 7) is 2.89. The SMILES string of the molecule is COc1ccccc1CCNC(=O)Cn1nccc1[C@H]1CCCNC1. The molecule has 2 heterocycles. The summed E-state index contributed by atoms with van der Waals surface area (Å²) in [5, 5.41) is 10.7. The van der Waals surface area contributed by atoms with Crippen LogP contribution in [0.1, 0.15) is 30.0 Å². The van der Waals surface area contributed by atoms with Crippen LogP contribution in [0, 0.1) is 0 Å². The number of methoxy groups -OCH3 is 1. The van der Waals surface area contributed by atoms with Gasteiger partial charge in [-0.05, 0) is 43.5 Å². The Hall–Kier alpha value is -2.34. The zero-order valence-electron chi connectivity index (χ0n) is 14.7. The molecule has 2 N–H and O–H groups in total. The number of hydrogen-bond donors (Lipinski definition) is 2. The molecule has 0 radical (unpaired) electrons. The third kappa shape index (κ3) is 4.60. The van der Waals surface area contributed by atoms with Crippen LogP contribution in [-0.4, -0.2) is 42.4 Å². The fourth-order valence-corrected chi connectivity index (χ4v) is 3.36.